The third kappa shape index (κ3) is 5.61. The van der Waals surface area contributed by atoms with Crippen LogP contribution >= 0.6 is 0 Å². The Balaban J connectivity index is 1.32. The van der Waals surface area contributed by atoms with E-state index in [2.05, 4.69) is 29.9 Å². The predicted molar refractivity (Wildman–Crippen MR) is 153 cm³/mol. The van der Waals surface area contributed by atoms with E-state index in [4.69, 9.17) is 9.47 Å². The van der Waals surface area contributed by atoms with Gasteiger partial charge in [0.25, 0.3) is 0 Å². The van der Waals surface area contributed by atoms with Crippen LogP contribution in [0, 0.1) is 25.5 Å². The fraction of sp³-hybridized carbons (Fsp3) is 0.172. The molecule has 2 aromatic carbocycles. The summed E-state index contributed by atoms with van der Waals surface area (Å²) in [5.41, 5.74) is 2.74. The van der Waals surface area contributed by atoms with Crippen molar-refractivity contribution in [1.29, 1.82) is 0 Å². The molecule has 6 rings (SSSR count). The van der Waals surface area contributed by atoms with Gasteiger partial charge in [0.2, 0.25) is 11.8 Å². The Labute approximate surface area is 243 Å². The van der Waals surface area contributed by atoms with Crippen LogP contribution in [-0.2, 0) is 15.6 Å². The van der Waals surface area contributed by atoms with E-state index in [1.165, 1.54) is 24.3 Å². The van der Waals surface area contributed by atoms with Gasteiger partial charge in [0.1, 0.15) is 18.8 Å². The van der Waals surface area contributed by atoms with Crippen molar-refractivity contribution in [2.75, 3.05) is 6.26 Å². The van der Waals surface area contributed by atoms with Crippen molar-refractivity contribution in [3.05, 3.63) is 95.1 Å². The summed E-state index contributed by atoms with van der Waals surface area (Å²) in [6.45, 7) is 3.49. The zero-order chi connectivity index (χ0) is 30.5. The Morgan fingerprint density at radius 2 is 1.51 bits per heavy atom. The van der Waals surface area contributed by atoms with Gasteiger partial charge in [-0.15, -0.1) is 0 Å². The molecule has 0 aliphatic rings. The SMILES string of the molecule is Cc1cc2c(F)c(Oc3cc(C(O)c4c(C)[nH]c5ccc(Oc6cc(CS(C)(=O)=O)ncn6)c(F)c45)ncn3)ccc2[nH]1. The summed E-state index contributed by atoms with van der Waals surface area (Å²) in [6, 6.07) is 10.4. The number of aromatic nitrogens is 6. The summed E-state index contributed by atoms with van der Waals surface area (Å²) in [6.07, 6.45) is 1.92. The molecule has 0 fully saturated rings. The van der Waals surface area contributed by atoms with Crippen molar-refractivity contribution in [2.45, 2.75) is 25.7 Å². The maximum Gasteiger partial charge on any atom is 0.222 e. The molecule has 0 aliphatic heterocycles. The van der Waals surface area contributed by atoms with Crippen molar-refractivity contribution in [1.82, 2.24) is 29.9 Å². The number of H-pyrrole nitrogens is 2. The molecule has 3 N–H and O–H groups in total. The van der Waals surface area contributed by atoms with Crippen LogP contribution in [0.3, 0.4) is 0 Å². The molecular weight excluding hydrogens is 582 g/mol. The fourth-order valence-corrected chi connectivity index (χ4v) is 5.58. The molecule has 0 saturated heterocycles. The first-order valence-corrected chi connectivity index (χ1v) is 15.0. The van der Waals surface area contributed by atoms with Gasteiger partial charge in [-0.05, 0) is 44.2 Å². The molecular formula is C29H24F2N6O5S. The lowest BCUT2D eigenvalue weighted by Crippen LogP contribution is -2.06. The number of hydrogen-bond acceptors (Lipinski definition) is 9. The minimum atomic E-state index is -3.36. The van der Waals surface area contributed by atoms with Crippen molar-refractivity contribution in [2.24, 2.45) is 0 Å². The van der Waals surface area contributed by atoms with E-state index in [9.17, 15) is 13.5 Å². The second-order valence-corrected chi connectivity index (χ2v) is 12.2. The van der Waals surface area contributed by atoms with Crippen LogP contribution in [0.4, 0.5) is 8.78 Å². The van der Waals surface area contributed by atoms with E-state index < -0.39 is 27.6 Å². The van der Waals surface area contributed by atoms with Gasteiger partial charge in [-0.2, -0.15) is 0 Å². The number of nitrogens with zero attached hydrogens (tertiary/aromatic N) is 4. The van der Waals surface area contributed by atoms with Gasteiger partial charge in [-0.25, -0.2) is 37.1 Å². The van der Waals surface area contributed by atoms with E-state index in [0.717, 1.165) is 24.6 Å². The summed E-state index contributed by atoms with van der Waals surface area (Å²) in [5.74, 6) is -2.05. The molecule has 1 atom stereocenters. The highest BCUT2D eigenvalue weighted by molar-refractivity contribution is 7.89. The number of rotatable bonds is 8. The average Bonchev–Trinajstić information content (AvgIpc) is 3.50. The van der Waals surface area contributed by atoms with Crippen LogP contribution < -0.4 is 9.47 Å². The third-order valence-electron chi connectivity index (χ3n) is 6.69. The molecule has 4 heterocycles. The lowest BCUT2D eigenvalue weighted by molar-refractivity contribution is 0.215. The topological polar surface area (TPSA) is 156 Å². The minimum absolute atomic E-state index is 0.0230. The Hall–Kier alpha value is -4.95. The van der Waals surface area contributed by atoms with Crippen LogP contribution in [-0.4, -0.2) is 49.7 Å². The molecule has 0 bridgehead atoms. The van der Waals surface area contributed by atoms with Gasteiger partial charge in [0.15, 0.2) is 33.0 Å². The van der Waals surface area contributed by atoms with Crippen LogP contribution in [0.25, 0.3) is 21.8 Å². The first-order chi connectivity index (χ1) is 20.5. The number of benzene rings is 2. The average molecular weight is 607 g/mol. The van der Waals surface area contributed by atoms with Crippen molar-refractivity contribution in [3.8, 4) is 23.3 Å². The van der Waals surface area contributed by atoms with E-state index in [1.54, 1.807) is 25.1 Å². The van der Waals surface area contributed by atoms with E-state index in [-0.39, 0.29) is 51.3 Å². The summed E-state index contributed by atoms with van der Waals surface area (Å²) in [4.78, 5) is 22.2. The highest BCUT2D eigenvalue weighted by atomic mass is 32.2. The molecule has 43 heavy (non-hydrogen) atoms. The first-order valence-electron chi connectivity index (χ1n) is 12.9. The van der Waals surface area contributed by atoms with Gasteiger partial charge >= 0.3 is 0 Å². The second-order valence-electron chi connectivity index (χ2n) is 10.1. The van der Waals surface area contributed by atoms with Crippen molar-refractivity contribution < 1.29 is 31.8 Å². The predicted octanol–water partition coefficient (Wildman–Crippen LogP) is 5.34. The van der Waals surface area contributed by atoms with Crippen molar-refractivity contribution >= 4 is 31.6 Å². The number of aliphatic hydroxyl groups is 1. The molecule has 0 aliphatic carbocycles. The van der Waals surface area contributed by atoms with Crippen LogP contribution in [0.15, 0.2) is 55.1 Å². The molecule has 0 amide bonds. The summed E-state index contributed by atoms with van der Waals surface area (Å²) < 4.78 is 65.6. The summed E-state index contributed by atoms with van der Waals surface area (Å²) in [7, 11) is -3.36. The molecule has 0 radical (unpaired) electrons. The molecule has 0 saturated carbocycles. The van der Waals surface area contributed by atoms with Crippen molar-refractivity contribution in [3.63, 3.8) is 0 Å². The van der Waals surface area contributed by atoms with E-state index >= 15 is 8.78 Å². The molecule has 6 aromatic rings. The maximum absolute atomic E-state index is 15.9. The third-order valence-corrected chi connectivity index (χ3v) is 7.51. The fourth-order valence-electron chi connectivity index (χ4n) is 4.88. The highest BCUT2D eigenvalue weighted by Gasteiger charge is 2.25. The lowest BCUT2D eigenvalue weighted by atomic mass is 10.0. The number of nitrogens with one attached hydrogen (secondary N) is 2. The van der Waals surface area contributed by atoms with Gasteiger partial charge in [-0.3, -0.25) is 0 Å². The molecule has 220 valence electrons. The molecule has 14 heteroatoms. The minimum Gasteiger partial charge on any atom is -0.436 e. The first kappa shape index (κ1) is 28.2. The van der Waals surface area contributed by atoms with Crippen LogP contribution in [0.1, 0.15) is 34.4 Å². The van der Waals surface area contributed by atoms with Crippen LogP contribution in [0.2, 0.25) is 0 Å². The lowest BCUT2D eigenvalue weighted by Gasteiger charge is -2.14. The normalized spacial score (nSPS) is 12.6. The van der Waals surface area contributed by atoms with Gasteiger partial charge in [0, 0.05) is 57.1 Å². The van der Waals surface area contributed by atoms with E-state index in [0.29, 0.717) is 22.1 Å². The summed E-state index contributed by atoms with van der Waals surface area (Å²) in [5, 5.41) is 11.8. The zero-order valence-corrected chi connectivity index (χ0v) is 23.8. The quantitative estimate of drug-likeness (QED) is 0.208. The van der Waals surface area contributed by atoms with Gasteiger partial charge in [0.05, 0.1) is 17.1 Å². The smallest absolute Gasteiger partial charge is 0.222 e. The number of halogens is 2. The van der Waals surface area contributed by atoms with Crippen LogP contribution in [0.5, 0.6) is 23.3 Å². The number of sulfone groups is 1. The Morgan fingerprint density at radius 1 is 0.860 bits per heavy atom. The Bertz CT molecular complexity index is 2130. The molecule has 1 unspecified atom stereocenters. The number of fused-ring (bicyclic) bond motifs is 2. The highest BCUT2D eigenvalue weighted by Crippen LogP contribution is 2.38. The monoisotopic (exact) mass is 606 g/mol. The van der Waals surface area contributed by atoms with Gasteiger partial charge < -0.3 is 24.5 Å². The van der Waals surface area contributed by atoms with Gasteiger partial charge in [-0.1, -0.05) is 0 Å². The largest absolute Gasteiger partial charge is 0.436 e. The maximum atomic E-state index is 15.9. The number of ether oxygens (including phenoxy) is 2. The van der Waals surface area contributed by atoms with E-state index in [1.807, 2.05) is 6.92 Å². The Kier molecular flexibility index (Phi) is 7.02. The number of hydrogen-bond donors (Lipinski definition) is 3. The summed E-state index contributed by atoms with van der Waals surface area (Å²) >= 11 is 0. The Morgan fingerprint density at radius 3 is 2.23 bits per heavy atom. The standard InChI is InChI=1S/C29H24F2N6O5S/c1-14-8-17-18(36-14)4-6-21(27(17)30)41-24-10-20(33-13-35-24)29(38)25-15(2)37-19-5-7-22(28(31)26(19)25)42-23-9-16(32-12-34-23)11-43(3,39)40/h4-10,12-13,29,36-38H,11H2,1-3H3. The number of aryl methyl sites for hydroxylation is 2. The number of aliphatic hydroxyl groups excluding tert-OH is 1. The number of aromatic amines is 2. The molecule has 0 spiro atoms. The molecule has 4 aromatic heterocycles. The zero-order valence-electron chi connectivity index (χ0n) is 23.0. The second kappa shape index (κ2) is 10.7. The molecule has 11 nitrogen and oxygen atoms in total.